The first-order valence-corrected chi connectivity index (χ1v) is 9.59. The van der Waals surface area contributed by atoms with Crippen LogP contribution in [0.1, 0.15) is 38.4 Å². The van der Waals surface area contributed by atoms with Crippen LogP contribution in [0.15, 0.2) is 53.6 Å². The Morgan fingerprint density at radius 2 is 1.84 bits per heavy atom. The fourth-order valence-electron chi connectivity index (χ4n) is 3.06. The summed E-state index contributed by atoms with van der Waals surface area (Å²) in [6, 6.07) is 11.0. The molecule has 0 aliphatic heterocycles. The van der Waals surface area contributed by atoms with E-state index < -0.39 is 17.6 Å². The normalized spacial score (nSPS) is 11.8. The molecule has 0 unspecified atom stereocenters. The lowest BCUT2D eigenvalue weighted by Crippen LogP contribution is -2.17. The van der Waals surface area contributed by atoms with Crippen molar-refractivity contribution in [2.24, 2.45) is 5.10 Å². The highest BCUT2D eigenvalue weighted by atomic mass is 35.5. The molecule has 2 N–H and O–H groups in total. The number of nitrogens with zero attached hydrogens (tertiary/aromatic N) is 2. The van der Waals surface area contributed by atoms with Crippen LogP contribution in [0.3, 0.4) is 0 Å². The first-order valence-electron chi connectivity index (χ1n) is 9.21. The molecule has 0 aliphatic carbocycles. The largest absolute Gasteiger partial charge is 0.506 e. The third-order valence-corrected chi connectivity index (χ3v) is 5.12. The Labute approximate surface area is 181 Å². The maximum Gasteiger partial charge on any atom is 0.416 e. The predicted molar refractivity (Wildman–Crippen MR) is 113 cm³/mol. The maximum absolute atomic E-state index is 12.7. The van der Waals surface area contributed by atoms with E-state index in [4.69, 9.17) is 11.6 Å². The molecule has 9 heteroatoms. The summed E-state index contributed by atoms with van der Waals surface area (Å²) in [7, 11) is 0. The lowest BCUT2D eigenvalue weighted by atomic mass is 10.1. The van der Waals surface area contributed by atoms with E-state index in [1.54, 1.807) is 0 Å². The van der Waals surface area contributed by atoms with Crippen LogP contribution in [0.2, 0.25) is 5.02 Å². The summed E-state index contributed by atoms with van der Waals surface area (Å²) in [5, 5.41) is 13.4. The molecule has 5 nitrogen and oxygen atoms in total. The number of benzene rings is 2. The fourth-order valence-corrected chi connectivity index (χ4v) is 3.24. The minimum Gasteiger partial charge on any atom is -0.506 e. The highest BCUT2D eigenvalue weighted by Gasteiger charge is 2.29. The van der Waals surface area contributed by atoms with Crippen LogP contribution in [0.5, 0.6) is 5.75 Å². The standard InChI is InChI=1S/C22H19ClF3N3O2/c1-13-9-17(11-27-28-21(31)16-5-8-20(30)19(23)10-16)14(2)29(13)12-15-3-6-18(7-4-15)22(24,25)26/h3-11,30H,12H2,1-2H3,(H,28,31). The van der Waals surface area contributed by atoms with Gasteiger partial charge in [0.25, 0.3) is 5.91 Å². The maximum atomic E-state index is 12.7. The van der Waals surface area contributed by atoms with Gasteiger partial charge in [0, 0.05) is 29.1 Å². The molecule has 1 aromatic heterocycles. The van der Waals surface area contributed by atoms with Gasteiger partial charge in [0.2, 0.25) is 0 Å². The summed E-state index contributed by atoms with van der Waals surface area (Å²) in [5.74, 6) is -0.612. The highest BCUT2D eigenvalue weighted by molar-refractivity contribution is 6.32. The van der Waals surface area contributed by atoms with Crippen LogP contribution in [-0.2, 0) is 12.7 Å². The van der Waals surface area contributed by atoms with Crippen molar-refractivity contribution in [2.45, 2.75) is 26.6 Å². The molecular weight excluding hydrogens is 431 g/mol. The molecule has 0 spiro atoms. The van der Waals surface area contributed by atoms with E-state index in [9.17, 15) is 23.1 Å². The summed E-state index contributed by atoms with van der Waals surface area (Å²) >= 11 is 5.80. The van der Waals surface area contributed by atoms with Gasteiger partial charge >= 0.3 is 6.18 Å². The van der Waals surface area contributed by atoms with Crippen LogP contribution in [0.4, 0.5) is 13.2 Å². The Hall–Kier alpha value is -3.26. The summed E-state index contributed by atoms with van der Waals surface area (Å²) < 4.78 is 40.1. The molecule has 2 aromatic carbocycles. The van der Waals surface area contributed by atoms with Crippen molar-refractivity contribution >= 4 is 23.7 Å². The van der Waals surface area contributed by atoms with Crippen LogP contribution in [-0.4, -0.2) is 21.8 Å². The molecule has 31 heavy (non-hydrogen) atoms. The number of hydrogen-bond acceptors (Lipinski definition) is 3. The third kappa shape index (κ3) is 5.27. The third-order valence-electron chi connectivity index (χ3n) is 4.81. The minimum atomic E-state index is -4.36. The number of rotatable bonds is 5. The first-order chi connectivity index (χ1) is 14.6. The van der Waals surface area contributed by atoms with E-state index in [0.29, 0.717) is 6.54 Å². The molecule has 0 atom stereocenters. The van der Waals surface area contributed by atoms with Crippen molar-refractivity contribution in [3.05, 3.63) is 87.2 Å². The number of amides is 1. The predicted octanol–water partition coefficient (Wildman–Crippen LogP) is 5.29. The van der Waals surface area contributed by atoms with Crippen molar-refractivity contribution in [1.29, 1.82) is 0 Å². The molecule has 0 radical (unpaired) electrons. The number of nitrogens with one attached hydrogen (secondary N) is 1. The van der Waals surface area contributed by atoms with E-state index in [1.165, 1.54) is 36.5 Å². The lowest BCUT2D eigenvalue weighted by Gasteiger charge is -2.11. The van der Waals surface area contributed by atoms with E-state index in [-0.39, 0.29) is 16.3 Å². The average molecular weight is 450 g/mol. The Kier molecular flexibility index (Phi) is 6.40. The summed E-state index contributed by atoms with van der Waals surface area (Å²) in [5.41, 5.74) is 5.19. The van der Waals surface area contributed by atoms with Crippen LogP contribution < -0.4 is 5.43 Å². The molecule has 1 heterocycles. The summed E-state index contributed by atoms with van der Waals surface area (Å²) in [4.78, 5) is 12.1. The number of hydrogen-bond donors (Lipinski definition) is 2. The van der Waals surface area contributed by atoms with Gasteiger partial charge in [-0.3, -0.25) is 4.79 Å². The molecule has 0 saturated carbocycles. The number of aryl methyl sites for hydroxylation is 1. The Morgan fingerprint density at radius 3 is 2.45 bits per heavy atom. The number of alkyl halides is 3. The summed E-state index contributed by atoms with van der Waals surface area (Å²) in [6.07, 6.45) is -2.87. The number of phenolic OH excluding ortho intramolecular Hbond substituents is 1. The zero-order valence-corrected chi connectivity index (χ0v) is 17.4. The van der Waals surface area contributed by atoms with E-state index in [0.717, 1.165) is 34.6 Å². The van der Waals surface area contributed by atoms with E-state index in [1.807, 2.05) is 24.5 Å². The number of halogens is 4. The molecular formula is C22H19ClF3N3O2. The zero-order chi connectivity index (χ0) is 22.8. The second kappa shape index (κ2) is 8.85. The van der Waals surface area contributed by atoms with Gasteiger partial charge in [-0.1, -0.05) is 23.7 Å². The van der Waals surface area contributed by atoms with Crippen LogP contribution >= 0.6 is 11.6 Å². The monoisotopic (exact) mass is 449 g/mol. The van der Waals surface area contributed by atoms with Crippen molar-refractivity contribution in [3.63, 3.8) is 0 Å². The second-order valence-corrected chi connectivity index (χ2v) is 7.38. The summed E-state index contributed by atoms with van der Waals surface area (Å²) in [6.45, 7) is 4.15. The molecule has 1 amide bonds. The quantitative estimate of drug-likeness (QED) is 0.410. The second-order valence-electron chi connectivity index (χ2n) is 6.97. The number of carbonyl (C=O) groups excluding carboxylic acids is 1. The number of aromatic hydroxyl groups is 1. The van der Waals surface area contributed by atoms with Crippen molar-refractivity contribution in [3.8, 4) is 5.75 Å². The van der Waals surface area contributed by atoms with Gasteiger partial charge in [-0.25, -0.2) is 5.43 Å². The van der Waals surface area contributed by atoms with Gasteiger partial charge in [-0.15, -0.1) is 0 Å². The number of phenols is 1. The van der Waals surface area contributed by atoms with Gasteiger partial charge in [0.05, 0.1) is 16.8 Å². The van der Waals surface area contributed by atoms with Crippen molar-refractivity contribution in [1.82, 2.24) is 9.99 Å². The molecule has 3 aromatic rings. The van der Waals surface area contributed by atoms with Crippen LogP contribution in [0.25, 0.3) is 0 Å². The molecule has 0 bridgehead atoms. The Bertz CT molecular complexity index is 1140. The molecule has 0 aliphatic rings. The smallest absolute Gasteiger partial charge is 0.416 e. The Morgan fingerprint density at radius 1 is 1.16 bits per heavy atom. The highest BCUT2D eigenvalue weighted by Crippen LogP contribution is 2.29. The van der Waals surface area contributed by atoms with Gasteiger partial charge in [-0.2, -0.15) is 18.3 Å². The van der Waals surface area contributed by atoms with Gasteiger partial charge in [0.15, 0.2) is 0 Å². The zero-order valence-electron chi connectivity index (χ0n) is 16.7. The fraction of sp³-hybridized carbons (Fsp3) is 0.182. The number of aromatic nitrogens is 1. The molecule has 0 saturated heterocycles. The van der Waals surface area contributed by atoms with Crippen LogP contribution in [0, 0.1) is 13.8 Å². The number of hydrazone groups is 1. The lowest BCUT2D eigenvalue weighted by molar-refractivity contribution is -0.137. The molecule has 3 rings (SSSR count). The van der Waals surface area contributed by atoms with Gasteiger partial charge in [0.1, 0.15) is 5.75 Å². The van der Waals surface area contributed by atoms with Gasteiger partial charge < -0.3 is 9.67 Å². The van der Waals surface area contributed by atoms with Crippen molar-refractivity contribution in [2.75, 3.05) is 0 Å². The SMILES string of the molecule is Cc1cc(C=NNC(=O)c2ccc(O)c(Cl)c2)c(C)n1Cc1ccc(C(F)(F)F)cc1. The minimum absolute atomic E-state index is 0.0587. The first kappa shape index (κ1) is 22.4. The van der Waals surface area contributed by atoms with E-state index in [2.05, 4.69) is 10.5 Å². The number of carbonyl (C=O) groups is 1. The van der Waals surface area contributed by atoms with Gasteiger partial charge in [-0.05, 0) is 55.8 Å². The average Bonchev–Trinajstić information content (AvgIpc) is 2.97. The topological polar surface area (TPSA) is 66.6 Å². The van der Waals surface area contributed by atoms with Crippen molar-refractivity contribution < 1.29 is 23.1 Å². The Balaban J connectivity index is 1.70. The molecule has 162 valence electrons. The molecule has 0 fully saturated rings. The van der Waals surface area contributed by atoms with E-state index >= 15 is 0 Å².